The number of aliphatic hydroxyl groups excluding tert-OH is 1. The first-order chi connectivity index (χ1) is 7.24. The number of nitrogens with one attached hydrogen (secondary N) is 1. The van der Waals surface area contributed by atoms with Crippen LogP contribution in [0.5, 0.6) is 0 Å². The van der Waals surface area contributed by atoms with Crippen molar-refractivity contribution in [3.05, 3.63) is 17.3 Å². The second-order valence-electron chi connectivity index (χ2n) is 3.30. The van der Waals surface area contributed by atoms with Gasteiger partial charge < -0.3 is 16.2 Å². The number of hydrogen-bond acceptors (Lipinski definition) is 4. The van der Waals surface area contributed by atoms with E-state index in [0.717, 1.165) is 25.8 Å². The van der Waals surface area contributed by atoms with Crippen LogP contribution in [0.3, 0.4) is 0 Å². The summed E-state index contributed by atoms with van der Waals surface area (Å²) >= 11 is 5.72. The molecule has 0 unspecified atom stereocenters. The Morgan fingerprint density at radius 2 is 2.20 bits per heavy atom. The minimum Gasteiger partial charge on any atom is -0.396 e. The van der Waals surface area contributed by atoms with Gasteiger partial charge in [-0.05, 0) is 25.3 Å². The van der Waals surface area contributed by atoms with E-state index in [2.05, 4.69) is 10.3 Å². The molecule has 4 N–H and O–H groups in total. The van der Waals surface area contributed by atoms with Crippen molar-refractivity contribution < 1.29 is 5.11 Å². The van der Waals surface area contributed by atoms with Gasteiger partial charge in [-0.25, -0.2) is 4.98 Å². The molecule has 0 bridgehead atoms. The molecule has 0 amide bonds. The fraction of sp³-hybridized carbons (Fsp3) is 0.500. The van der Waals surface area contributed by atoms with Gasteiger partial charge in [0.25, 0.3) is 0 Å². The Morgan fingerprint density at radius 3 is 2.87 bits per heavy atom. The average molecular weight is 230 g/mol. The van der Waals surface area contributed by atoms with E-state index in [1.54, 1.807) is 12.3 Å². The van der Waals surface area contributed by atoms with Crippen LogP contribution in [-0.2, 0) is 0 Å². The molecular weight excluding hydrogens is 214 g/mol. The highest BCUT2D eigenvalue weighted by molar-refractivity contribution is 6.30. The second-order valence-corrected chi connectivity index (χ2v) is 3.74. The number of nitrogen functional groups attached to an aromatic ring is 1. The maximum Gasteiger partial charge on any atom is 0.149 e. The van der Waals surface area contributed by atoms with E-state index >= 15 is 0 Å². The molecule has 0 spiro atoms. The number of aromatic nitrogens is 1. The molecular formula is C10H16ClN3O. The number of aliphatic hydroxyl groups is 1. The van der Waals surface area contributed by atoms with Crippen molar-refractivity contribution >= 4 is 23.1 Å². The molecule has 84 valence electrons. The van der Waals surface area contributed by atoms with Gasteiger partial charge in [-0.3, -0.25) is 0 Å². The third kappa shape index (κ3) is 4.36. The SMILES string of the molecule is Nc1cc(Cl)cnc1NCCCCCO. The third-order valence-corrected chi connectivity index (χ3v) is 2.22. The lowest BCUT2D eigenvalue weighted by Gasteiger charge is -2.07. The number of nitrogens with two attached hydrogens (primary N) is 1. The van der Waals surface area contributed by atoms with Gasteiger partial charge in [-0.2, -0.15) is 0 Å². The van der Waals surface area contributed by atoms with Gasteiger partial charge in [0.15, 0.2) is 0 Å². The summed E-state index contributed by atoms with van der Waals surface area (Å²) in [5, 5.41) is 12.3. The van der Waals surface area contributed by atoms with Gasteiger partial charge in [-0.1, -0.05) is 11.6 Å². The van der Waals surface area contributed by atoms with Crippen LogP contribution in [0.15, 0.2) is 12.3 Å². The summed E-state index contributed by atoms with van der Waals surface area (Å²) in [6.07, 6.45) is 4.39. The largest absolute Gasteiger partial charge is 0.396 e. The number of hydrogen-bond donors (Lipinski definition) is 3. The molecule has 0 aliphatic heterocycles. The lowest BCUT2D eigenvalue weighted by Crippen LogP contribution is -2.06. The van der Waals surface area contributed by atoms with Gasteiger partial charge in [0.1, 0.15) is 5.82 Å². The van der Waals surface area contributed by atoms with Crippen LogP contribution in [0.1, 0.15) is 19.3 Å². The van der Waals surface area contributed by atoms with Gasteiger partial charge in [0, 0.05) is 19.3 Å². The maximum atomic E-state index is 8.59. The van der Waals surface area contributed by atoms with Crippen LogP contribution in [-0.4, -0.2) is 23.2 Å². The molecule has 5 heteroatoms. The van der Waals surface area contributed by atoms with Crippen molar-refractivity contribution in [2.75, 3.05) is 24.2 Å². The highest BCUT2D eigenvalue weighted by Crippen LogP contribution is 2.19. The standard InChI is InChI=1S/C10H16ClN3O/c11-8-6-9(12)10(14-7-8)13-4-2-1-3-5-15/h6-7,15H,1-5,12H2,(H,13,14). The maximum absolute atomic E-state index is 8.59. The molecule has 1 heterocycles. The van der Waals surface area contributed by atoms with Gasteiger partial charge in [-0.15, -0.1) is 0 Å². The minimum absolute atomic E-state index is 0.251. The van der Waals surface area contributed by atoms with Crippen LogP contribution < -0.4 is 11.1 Å². The molecule has 1 aromatic rings. The Kier molecular flexibility index (Phi) is 5.21. The molecule has 4 nitrogen and oxygen atoms in total. The number of pyridine rings is 1. The third-order valence-electron chi connectivity index (χ3n) is 2.01. The van der Waals surface area contributed by atoms with Crippen LogP contribution in [0.2, 0.25) is 5.02 Å². The Balaban J connectivity index is 2.31. The first-order valence-electron chi connectivity index (χ1n) is 5.00. The number of anilines is 2. The first kappa shape index (κ1) is 12.1. The smallest absolute Gasteiger partial charge is 0.149 e. The zero-order valence-corrected chi connectivity index (χ0v) is 9.30. The molecule has 0 aliphatic carbocycles. The fourth-order valence-corrected chi connectivity index (χ4v) is 1.39. The van der Waals surface area contributed by atoms with Gasteiger partial charge in [0.2, 0.25) is 0 Å². The zero-order valence-electron chi connectivity index (χ0n) is 8.54. The van der Waals surface area contributed by atoms with E-state index < -0.39 is 0 Å². The van der Waals surface area contributed by atoms with Gasteiger partial charge >= 0.3 is 0 Å². The summed E-state index contributed by atoms with van der Waals surface area (Å²) in [6.45, 7) is 1.06. The lowest BCUT2D eigenvalue weighted by molar-refractivity contribution is 0.283. The van der Waals surface area contributed by atoms with Crippen molar-refractivity contribution in [2.45, 2.75) is 19.3 Å². The number of nitrogens with zero attached hydrogens (tertiary/aromatic N) is 1. The molecule has 0 radical (unpaired) electrons. The molecule has 0 aromatic carbocycles. The highest BCUT2D eigenvalue weighted by atomic mass is 35.5. The van der Waals surface area contributed by atoms with Crippen LogP contribution in [0.4, 0.5) is 11.5 Å². The first-order valence-corrected chi connectivity index (χ1v) is 5.37. The van der Waals surface area contributed by atoms with Gasteiger partial charge in [0.05, 0.1) is 10.7 Å². The Bertz CT molecular complexity index is 307. The molecule has 0 aliphatic rings. The highest BCUT2D eigenvalue weighted by Gasteiger charge is 2.00. The Morgan fingerprint density at radius 1 is 1.40 bits per heavy atom. The minimum atomic E-state index is 0.251. The summed E-state index contributed by atoms with van der Waals surface area (Å²) in [4.78, 5) is 4.08. The van der Waals surface area contributed by atoms with Crippen molar-refractivity contribution in [3.8, 4) is 0 Å². The lowest BCUT2D eigenvalue weighted by atomic mass is 10.2. The van der Waals surface area contributed by atoms with E-state index in [1.165, 1.54) is 0 Å². The van der Waals surface area contributed by atoms with E-state index in [-0.39, 0.29) is 6.61 Å². The molecule has 1 rings (SSSR count). The molecule has 0 saturated carbocycles. The van der Waals surface area contributed by atoms with E-state index in [1.807, 2.05) is 0 Å². The molecule has 15 heavy (non-hydrogen) atoms. The fourth-order valence-electron chi connectivity index (χ4n) is 1.22. The molecule has 0 atom stereocenters. The molecule has 0 fully saturated rings. The second kappa shape index (κ2) is 6.48. The summed E-state index contributed by atoms with van der Waals surface area (Å²) in [5.41, 5.74) is 6.27. The van der Waals surface area contributed by atoms with Crippen molar-refractivity contribution in [1.29, 1.82) is 0 Å². The van der Waals surface area contributed by atoms with Crippen LogP contribution in [0.25, 0.3) is 0 Å². The normalized spacial score (nSPS) is 10.3. The Labute approximate surface area is 94.5 Å². The predicted octanol–water partition coefficient (Wildman–Crippen LogP) is 1.89. The Hall–Kier alpha value is -1.00. The van der Waals surface area contributed by atoms with Crippen LogP contribution in [0, 0.1) is 0 Å². The quantitative estimate of drug-likeness (QED) is 0.652. The van der Waals surface area contributed by atoms with E-state index in [4.69, 9.17) is 22.4 Å². The van der Waals surface area contributed by atoms with Crippen LogP contribution >= 0.6 is 11.6 Å². The summed E-state index contributed by atoms with van der Waals surface area (Å²) in [5.74, 6) is 0.670. The predicted molar refractivity (Wildman–Crippen MR) is 63.1 cm³/mol. The summed E-state index contributed by atoms with van der Waals surface area (Å²) in [6, 6.07) is 1.67. The van der Waals surface area contributed by atoms with E-state index in [9.17, 15) is 0 Å². The average Bonchev–Trinajstić information content (AvgIpc) is 2.20. The van der Waals surface area contributed by atoms with Crippen molar-refractivity contribution in [1.82, 2.24) is 4.98 Å². The topological polar surface area (TPSA) is 71.2 Å². The summed E-state index contributed by atoms with van der Waals surface area (Å²) < 4.78 is 0. The molecule has 0 saturated heterocycles. The van der Waals surface area contributed by atoms with Crippen molar-refractivity contribution in [3.63, 3.8) is 0 Å². The molecule has 1 aromatic heterocycles. The monoisotopic (exact) mass is 229 g/mol. The van der Waals surface area contributed by atoms with Crippen molar-refractivity contribution in [2.24, 2.45) is 0 Å². The zero-order chi connectivity index (χ0) is 11.1. The van der Waals surface area contributed by atoms with E-state index in [0.29, 0.717) is 16.5 Å². The summed E-state index contributed by atoms with van der Waals surface area (Å²) in [7, 11) is 0. The number of rotatable bonds is 6. The number of unbranched alkanes of at least 4 members (excludes halogenated alkanes) is 2. The number of halogens is 1.